The van der Waals surface area contributed by atoms with Crippen molar-refractivity contribution in [3.63, 3.8) is 0 Å². The minimum atomic E-state index is -2.74. The van der Waals surface area contributed by atoms with Crippen molar-refractivity contribution in [2.75, 3.05) is 0 Å². The number of halogens is 2. The Morgan fingerprint density at radius 3 is 2.93 bits per heavy atom. The minimum absolute atomic E-state index is 0.272. The summed E-state index contributed by atoms with van der Waals surface area (Å²) >= 11 is 0. The van der Waals surface area contributed by atoms with E-state index < -0.39 is 6.61 Å². The third-order valence-corrected chi connectivity index (χ3v) is 1.88. The molecule has 0 fully saturated rings. The summed E-state index contributed by atoms with van der Waals surface area (Å²) in [5.41, 5.74) is 1.04. The van der Waals surface area contributed by atoms with Gasteiger partial charge in [-0.15, -0.1) is 0 Å². The van der Waals surface area contributed by atoms with Crippen LogP contribution in [0.2, 0.25) is 0 Å². The molecular weight excluding hydrogens is 186 g/mol. The molecule has 0 spiro atoms. The van der Waals surface area contributed by atoms with Gasteiger partial charge in [-0.25, -0.2) is 0 Å². The molecule has 1 aliphatic rings. The number of allylic oxidation sites excluding steroid dienone is 5. The molecule has 0 N–H and O–H groups in total. The van der Waals surface area contributed by atoms with Crippen LogP contribution in [-0.4, -0.2) is 6.61 Å². The number of rotatable bonds is 4. The van der Waals surface area contributed by atoms with E-state index in [2.05, 4.69) is 11.7 Å². The van der Waals surface area contributed by atoms with Gasteiger partial charge < -0.3 is 4.74 Å². The molecule has 3 heteroatoms. The van der Waals surface area contributed by atoms with E-state index in [4.69, 9.17) is 0 Å². The molecule has 0 aromatic rings. The molecule has 78 valence electrons. The van der Waals surface area contributed by atoms with E-state index in [-0.39, 0.29) is 5.76 Å². The SMILES string of the molecule is CCCC1=CC(OC(F)F)=CCC=C1. The van der Waals surface area contributed by atoms with Crippen molar-refractivity contribution in [1.82, 2.24) is 0 Å². The lowest BCUT2D eigenvalue weighted by Crippen LogP contribution is -1.97. The standard InChI is InChI=1S/C11H14F2O/c1-2-5-9-6-3-4-7-10(8-9)14-11(12)13/h3,6-8,11H,2,4-5H2,1H3. The first-order valence-electron chi connectivity index (χ1n) is 4.74. The highest BCUT2D eigenvalue weighted by Gasteiger charge is 2.06. The summed E-state index contributed by atoms with van der Waals surface area (Å²) in [6, 6.07) is 0. The molecule has 0 unspecified atom stereocenters. The number of alkyl halides is 2. The Balaban J connectivity index is 2.66. The van der Waals surface area contributed by atoms with Gasteiger partial charge in [0.2, 0.25) is 0 Å². The Kier molecular flexibility index (Phi) is 4.36. The fraction of sp³-hybridized carbons (Fsp3) is 0.455. The van der Waals surface area contributed by atoms with Crippen molar-refractivity contribution in [2.45, 2.75) is 32.8 Å². The summed E-state index contributed by atoms with van der Waals surface area (Å²) in [6.45, 7) is -0.685. The second kappa shape index (κ2) is 5.58. The van der Waals surface area contributed by atoms with Crippen molar-refractivity contribution in [1.29, 1.82) is 0 Å². The van der Waals surface area contributed by atoms with E-state index in [0.29, 0.717) is 6.42 Å². The molecule has 0 saturated heterocycles. The van der Waals surface area contributed by atoms with Gasteiger partial charge in [0.25, 0.3) is 0 Å². The summed E-state index contributed by atoms with van der Waals surface area (Å²) in [4.78, 5) is 0. The van der Waals surface area contributed by atoms with Crippen LogP contribution in [-0.2, 0) is 4.74 Å². The molecule has 0 radical (unpaired) electrons. The Labute approximate surface area is 82.8 Å². The molecule has 1 aliphatic carbocycles. The number of ether oxygens (including phenoxy) is 1. The van der Waals surface area contributed by atoms with Crippen molar-refractivity contribution >= 4 is 0 Å². The van der Waals surface area contributed by atoms with Crippen LogP contribution in [0.15, 0.2) is 35.6 Å². The maximum Gasteiger partial charge on any atom is 0.387 e. The van der Waals surface area contributed by atoms with Gasteiger partial charge in [0.15, 0.2) is 0 Å². The van der Waals surface area contributed by atoms with Crippen LogP contribution in [0.3, 0.4) is 0 Å². The summed E-state index contributed by atoms with van der Waals surface area (Å²) in [6.07, 6.45) is 9.78. The molecule has 0 atom stereocenters. The van der Waals surface area contributed by atoms with Crippen molar-refractivity contribution in [3.05, 3.63) is 35.6 Å². The maximum atomic E-state index is 12.0. The Bertz CT molecular complexity index is 264. The van der Waals surface area contributed by atoms with Crippen LogP contribution in [0.5, 0.6) is 0 Å². The van der Waals surface area contributed by atoms with Crippen molar-refractivity contribution in [3.8, 4) is 0 Å². The molecule has 0 aromatic carbocycles. The summed E-state index contributed by atoms with van der Waals surface area (Å²) < 4.78 is 28.3. The zero-order chi connectivity index (χ0) is 10.4. The highest BCUT2D eigenvalue weighted by atomic mass is 19.3. The maximum absolute atomic E-state index is 12.0. The number of hydrogen-bond acceptors (Lipinski definition) is 1. The van der Waals surface area contributed by atoms with E-state index in [1.807, 2.05) is 12.2 Å². The quantitative estimate of drug-likeness (QED) is 0.670. The molecule has 0 heterocycles. The summed E-state index contributed by atoms with van der Waals surface area (Å²) in [5.74, 6) is 0.272. The van der Waals surface area contributed by atoms with Gasteiger partial charge in [-0.1, -0.05) is 25.5 Å². The normalized spacial score (nSPS) is 16.3. The highest BCUT2D eigenvalue weighted by molar-refractivity contribution is 5.30. The average Bonchev–Trinajstić information content (AvgIpc) is 2.30. The minimum Gasteiger partial charge on any atom is -0.435 e. The summed E-state index contributed by atoms with van der Waals surface area (Å²) in [5, 5.41) is 0. The smallest absolute Gasteiger partial charge is 0.387 e. The van der Waals surface area contributed by atoms with Crippen LogP contribution in [0.4, 0.5) is 8.78 Å². The zero-order valence-corrected chi connectivity index (χ0v) is 8.17. The van der Waals surface area contributed by atoms with E-state index in [1.165, 1.54) is 0 Å². The Hall–Kier alpha value is -1.12. The number of hydrogen-bond donors (Lipinski definition) is 0. The van der Waals surface area contributed by atoms with Gasteiger partial charge in [-0.2, -0.15) is 8.78 Å². The zero-order valence-electron chi connectivity index (χ0n) is 8.17. The average molecular weight is 200 g/mol. The second-order valence-corrected chi connectivity index (χ2v) is 3.09. The fourth-order valence-electron chi connectivity index (χ4n) is 1.32. The molecule has 0 aromatic heterocycles. The predicted octanol–water partition coefficient (Wildman–Crippen LogP) is 3.80. The van der Waals surface area contributed by atoms with E-state index in [0.717, 1.165) is 18.4 Å². The molecular formula is C11H14F2O. The van der Waals surface area contributed by atoms with Gasteiger partial charge >= 0.3 is 6.61 Å². The van der Waals surface area contributed by atoms with Crippen LogP contribution in [0.1, 0.15) is 26.2 Å². The Morgan fingerprint density at radius 2 is 2.29 bits per heavy atom. The van der Waals surface area contributed by atoms with E-state index in [1.54, 1.807) is 12.2 Å². The van der Waals surface area contributed by atoms with Crippen LogP contribution < -0.4 is 0 Å². The van der Waals surface area contributed by atoms with Gasteiger partial charge in [-0.3, -0.25) is 0 Å². The van der Waals surface area contributed by atoms with E-state index in [9.17, 15) is 8.78 Å². The Morgan fingerprint density at radius 1 is 1.50 bits per heavy atom. The lowest BCUT2D eigenvalue weighted by molar-refractivity contribution is -0.0922. The topological polar surface area (TPSA) is 9.23 Å². The lowest BCUT2D eigenvalue weighted by atomic mass is 10.1. The molecule has 1 nitrogen and oxygen atoms in total. The van der Waals surface area contributed by atoms with Crippen molar-refractivity contribution < 1.29 is 13.5 Å². The third kappa shape index (κ3) is 3.73. The van der Waals surface area contributed by atoms with Gasteiger partial charge in [-0.05, 0) is 30.6 Å². The first-order valence-corrected chi connectivity index (χ1v) is 4.74. The van der Waals surface area contributed by atoms with Gasteiger partial charge in [0.05, 0.1) is 0 Å². The highest BCUT2D eigenvalue weighted by Crippen LogP contribution is 2.17. The van der Waals surface area contributed by atoms with Crippen LogP contribution in [0, 0.1) is 0 Å². The molecule has 14 heavy (non-hydrogen) atoms. The fourth-order valence-corrected chi connectivity index (χ4v) is 1.32. The summed E-state index contributed by atoms with van der Waals surface area (Å²) in [7, 11) is 0. The second-order valence-electron chi connectivity index (χ2n) is 3.09. The largest absolute Gasteiger partial charge is 0.435 e. The molecule has 0 aliphatic heterocycles. The van der Waals surface area contributed by atoms with Crippen molar-refractivity contribution in [2.24, 2.45) is 0 Å². The molecule has 1 rings (SSSR count). The third-order valence-electron chi connectivity index (χ3n) is 1.88. The monoisotopic (exact) mass is 200 g/mol. The van der Waals surface area contributed by atoms with Crippen LogP contribution in [0.25, 0.3) is 0 Å². The first-order chi connectivity index (χ1) is 6.72. The molecule has 0 bridgehead atoms. The van der Waals surface area contributed by atoms with Gasteiger partial charge in [0.1, 0.15) is 5.76 Å². The molecule has 0 amide bonds. The first kappa shape index (κ1) is 11.0. The van der Waals surface area contributed by atoms with E-state index >= 15 is 0 Å². The molecule has 0 saturated carbocycles. The predicted molar refractivity (Wildman–Crippen MR) is 51.9 cm³/mol. The lowest BCUT2D eigenvalue weighted by Gasteiger charge is -2.05. The van der Waals surface area contributed by atoms with Gasteiger partial charge in [0, 0.05) is 0 Å². The van der Waals surface area contributed by atoms with Crippen LogP contribution >= 0.6 is 0 Å².